The highest BCUT2D eigenvalue weighted by Gasteiger charge is 2.21. The third-order valence-electron chi connectivity index (χ3n) is 12.7. The molecule has 0 aromatic rings. The van der Waals surface area contributed by atoms with Crippen LogP contribution < -0.4 is 4.89 Å². The van der Waals surface area contributed by atoms with Gasteiger partial charge in [0.25, 0.3) is 7.82 Å². The first-order valence-electron chi connectivity index (χ1n) is 29.6. The number of allylic oxidation sites excluding steroid dienone is 12. The van der Waals surface area contributed by atoms with Gasteiger partial charge in [-0.2, -0.15) is 0 Å². The molecule has 0 aliphatic carbocycles. The van der Waals surface area contributed by atoms with Gasteiger partial charge in [-0.15, -0.1) is 0 Å². The van der Waals surface area contributed by atoms with Crippen LogP contribution in [-0.4, -0.2) is 70.0 Å². The summed E-state index contributed by atoms with van der Waals surface area (Å²) in [6.07, 6.45) is 69.8. The highest BCUT2D eigenvalue weighted by molar-refractivity contribution is 7.45. The van der Waals surface area contributed by atoms with Gasteiger partial charge in [-0.25, -0.2) is 0 Å². The number of esters is 2. The van der Waals surface area contributed by atoms with E-state index in [1.54, 1.807) is 0 Å². The molecule has 0 aliphatic rings. The molecule has 0 amide bonds. The zero-order valence-electron chi connectivity index (χ0n) is 47.4. The SMILES string of the molecule is CC/C=C\C/C=C\C/C=C\C/C=C\CCCCC(=O)OC(COC(=O)CCCCCCCCCCCCCCCCCCCCCCC/C=C\C/C=C\CCCCCCC)COP(=O)([O-])OCC[N+](C)(C)C. The van der Waals surface area contributed by atoms with Crippen molar-refractivity contribution in [2.24, 2.45) is 0 Å². The van der Waals surface area contributed by atoms with E-state index < -0.39 is 32.5 Å². The maximum Gasteiger partial charge on any atom is 0.306 e. The van der Waals surface area contributed by atoms with Gasteiger partial charge in [-0.05, 0) is 83.5 Å². The summed E-state index contributed by atoms with van der Waals surface area (Å²) in [4.78, 5) is 37.8. The second kappa shape index (κ2) is 53.3. The molecular weight excluding hydrogens is 918 g/mol. The molecular formula is C62H112NO8P. The van der Waals surface area contributed by atoms with Gasteiger partial charge in [0, 0.05) is 12.8 Å². The minimum absolute atomic E-state index is 0.0406. The Balaban J connectivity index is 4.02. The predicted octanol–water partition coefficient (Wildman–Crippen LogP) is 17.8. The number of carbonyl (C=O) groups excluding carboxylic acids is 2. The summed E-state index contributed by atoms with van der Waals surface area (Å²) in [5.41, 5.74) is 0. The lowest BCUT2D eigenvalue weighted by Crippen LogP contribution is -2.37. The van der Waals surface area contributed by atoms with Crippen molar-refractivity contribution in [1.82, 2.24) is 0 Å². The first-order chi connectivity index (χ1) is 35.0. The smallest absolute Gasteiger partial charge is 0.306 e. The van der Waals surface area contributed by atoms with Gasteiger partial charge in [-0.3, -0.25) is 14.2 Å². The van der Waals surface area contributed by atoms with Crippen LogP contribution in [0.4, 0.5) is 0 Å². The number of phosphoric acid groups is 1. The quantitative estimate of drug-likeness (QED) is 0.0195. The van der Waals surface area contributed by atoms with Gasteiger partial charge in [0.1, 0.15) is 19.8 Å². The second-order valence-electron chi connectivity index (χ2n) is 21.0. The fourth-order valence-electron chi connectivity index (χ4n) is 8.15. The molecule has 10 heteroatoms. The molecule has 0 fully saturated rings. The molecule has 2 unspecified atom stereocenters. The van der Waals surface area contributed by atoms with Crippen LogP contribution in [0.1, 0.15) is 258 Å². The average Bonchev–Trinajstić information content (AvgIpc) is 3.34. The number of ether oxygens (including phenoxy) is 2. The van der Waals surface area contributed by atoms with E-state index in [1.807, 2.05) is 21.1 Å². The highest BCUT2D eigenvalue weighted by atomic mass is 31.2. The number of hydrogen-bond donors (Lipinski definition) is 0. The molecule has 0 saturated heterocycles. The summed E-state index contributed by atoms with van der Waals surface area (Å²) < 4.78 is 34.0. The van der Waals surface area contributed by atoms with E-state index >= 15 is 0 Å². The number of hydrogen-bond acceptors (Lipinski definition) is 8. The van der Waals surface area contributed by atoms with Gasteiger partial charge in [0.05, 0.1) is 27.7 Å². The molecule has 2 atom stereocenters. The Kier molecular flexibility index (Phi) is 51.4. The van der Waals surface area contributed by atoms with Crippen LogP contribution in [0, 0.1) is 0 Å². The molecule has 418 valence electrons. The molecule has 0 radical (unpaired) electrons. The lowest BCUT2D eigenvalue weighted by atomic mass is 10.0. The summed E-state index contributed by atoms with van der Waals surface area (Å²) in [5.74, 6) is -0.878. The third kappa shape index (κ3) is 56.7. The Bertz CT molecular complexity index is 1450. The van der Waals surface area contributed by atoms with E-state index in [0.717, 1.165) is 64.2 Å². The Morgan fingerprint density at radius 2 is 0.792 bits per heavy atom. The molecule has 0 saturated carbocycles. The number of quaternary nitrogens is 1. The van der Waals surface area contributed by atoms with Crippen LogP contribution in [0.5, 0.6) is 0 Å². The molecule has 9 nitrogen and oxygen atoms in total. The monoisotopic (exact) mass is 1030 g/mol. The van der Waals surface area contributed by atoms with Crippen molar-refractivity contribution >= 4 is 19.8 Å². The number of unbranched alkanes of at least 4 members (excludes halogenated alkanes) is 28. The summed E-state index contributed by atoms with van der Waals surface area (Å²) >= 11 is 0. The van der Waals surface area contributed by atoms with E-state index in [0.29, 0.717) is 17.4 Å². The van der Waals surface area contributed by atoms with Crippen LogP contribution in [0.15, 0.2) is 72.9 Å². The molecule has 0 rings (SSSR count). The molecule has 72 heavy (non-hydrogen) atoms. The van der Waals surface area contributed by atoms with E-state index in [-0.39, 0.29) is 26.1 Å². The van der Waals surface area contributed by atoms with E-state index in [1.165, 1.54) is 161 Å². The summed E-state index contributed by atoms with van der Waals surface area (Å²) in [6, 6.07) is 0. The zero-order chi connectivity index (χ0) is 52.7. The molecule has 0 bridgehead atoms. The fourth-order valence-corrected chi connectivity index (χ4v) is 8.88. The first-order valence-corrected chi connectivity index (χ1v) is 31.1. The van der Waals surface area contributed by atoms with Gasteiger partial charge < -0.3 is 27.9 Å². The molecule has 0 spiro atoms. The largest absolute Gasteiger partial charge is 0.756 e. The normalized spacial score (nSPS) is 13.8. The minimum Gasteiger partial charge on any atom is -0.756 e. The van der Waals surface area contributed by atoms with Gasteiger partial charge in [0.15, 0.2) is 6.10 Å². The Hall–Kier alpha value is -2.55. The van der Waals surface area contributed by atoms with Crippen molar-refractivity contribution in [3.63, 3.8) is 0 Å². The Labute approximate surface area is 444 Å². The van der Waals surface area contributed by atoms with Crippen molar-refractivity contribution in [3.05, 3.63) is 72.9 Å². The third-order valence-corrected chi connectivity index (χ3v) is 13.7. The van der Waals surface area contributed by atoms with Crippen LogP contribution >= 0.6 is 7.82 Å². The maximum atomic E-state index is 12.7. The summed E-state index contributed by atoms with van der Waals surface area (Å²) in [7, 11) is 1.14. The predicted molar refractivity (Wildman–Crippen MR) is 305 cm³/mol. The van der Waals surface area contributed by atoms with Gasteiger partial charge in [0.2, 0.25) is 0 Å². The topological polar surface area (TPSA) is 111 Å². The highest BCUT2D eigenvalue weighted by Crippen LogP contribution is 2.38. The number of rotatable bonds is 54. The van der Waals surface area contributed by atoms with Crippen LogP contribution in [0.25, 0.3) is 0 Å². The number of nitrogens with zero attached hydrogens (tertiary/aromatic N) is 1. The lowest BCUT2D eigenvalue weighted by Gasteiger charge is -2.28. The number of phosphoric ester groups is 1. The van der Waals surface area contributed by atoms with Crippen molar-refractivity contribution in [2.45, 2.75) is 264 Å². The minimum atomic E-state index is -4.65. The van der Waals surface area contributed by atoms with Crippen LogP contribution in [0.2, 0.25) is 0 Å². The molecule has 0 N–H and O–H groups in total. The first kappa shape index (κ1) is 69.5. The van der Waals surface area contributed by atoms with Gasteiger partial charge >= 0.3 is 11.9 Å². The lowest BCUT2D eigenvalue weighted by molar-refractivity contribution is -0.870. The Morgan fingerprint density at radius 1 is 0.444 bits per heavy atom. The average molecular weight is 1030 g/mol. The second-order valence-corrected chi connectivity index (χ2v) is 22.4. The van der Waals surface area contributed by atoms with E-state index in [9.17, 15) is 19.0 Å². The zero-order valence-corrected chi connectivity index (χ0v) is 48.3. The molecule has 0 aromatic heterocycles. The summed E-state index contributed by atoms with van der Waals surface area (Å²) in [6.45, 7) is 4.08. The fraction of sp³-hybridized carbons (Fsp3) is 0.774. The standard InChI is InChI=1S/C62H112NO8P/c1-6-8-10-12-14-16-18-20-22-23-24-25-26-27-28-29-30-31-32-33-34-35-36-37-38-39-41-42-44-46-48-50-52-54-61(64)68-58-60(59-70-72(66,67)69-57-56-63(3,4)5)71-62(65)55-53-51-49-47-45-43-40-21-19-17-15-13-11-9-7-2/h9,11,15,17-18,20-21,23-24,40,45,47,60H,6-8,10,12-14,16,19,22,25-39,41-44,46,48-59H2,1-5H3/b11-9-,17-15-,20-18-,24-23-,40-21-,47-45-. The van der Waals surface area contributed by atoms with Crippen molar-refractivity contribution in [2.75, 3.05) is 47.5 Å². The maximum absolute atomic E-state index is 12.7. The Morgan fingerprint density at radius 3 is 1.21 bits per heavy atom. The molecule has 0 aliphatic heterocycles. The van der Waals surface area contributed by atoms with E-state index in [4.69, 9.17) is 18.5 Å². The van der Waals surface area contributed by atoms with Crippen molar-refractivity contribution in [3.8, 4) is 0 Å². The van der Waals surface area contributed by atoms with Crippen molar-refractivity contribution < 1.29 is 42.1 Å². The molecule has 0 heterocycles. The van der Waals surface area contributed by atoms with Crippen LogP contribution in [-0.2, 0) is 32.7 Å². The number of likely N-dealkylation sites (N-methyl/N-ethyl adjacent to an activating group) is 1. The summed E-state index contributed by atoms with van der Waals surface area (Å²) in [5, 5.41) is 0. The van der Waals surface area contributed by atoms with E-state index in [2.05, 4.69) is 86.8 Å². The number of carbonyl (C=O) groups is 2. The van der Waals surface area contributed by atoms with Gasteiger partial charge in [-0.1, -0.05) is 234 Å². The van der Waals surface area contributed by atoms with Crippen LogP contribution in [0.3, 0.4) is 0 Å². The van der Waals surface area contributed by atoms with Crippen molar-refractivity contribution in [1.29, 1.82) is 0 Å². The molecule has 0 aromatic carbocycles.